The van der Waals surface area contributed by atoms with Gasteiger partial charge >= 0.3 is 0 Å². The number of carbonyl (C=O) groups excluding carboxylic acids is 1. The van der Waals surface area contributed by atoms with Gasteiger partial charge in [-0.15, -0.1) is 10.2 Å². The molecule has 3 aromatic rings. The molecule has 0 aliphatic carbocycles. The SMILES string of the molecule is Cc1oc(C(=O)Nc2ccc(Sc3nncn3C)cc2)cc1S(=O)(=O)N1CCCC1. The minimum atomic E-state index is -3.65. The zero-order valence-electron chi connectivity index (χ0n) is 16.5. The molecule has 1 amide bonds. The van der Waals surface area contributed by atoms with E-state index in [9.17, 15) is 13.2 Å². The van der Waals surface area contributed by atoms with Crippen molar-refractivity contribution in [2.75, 3.05) is 18.4 Å². The molecule has 11 heteroatoms. The van der Waals surface area contributed by atoms with Gasteiger partial charge in [0.25, 0.3) is 5.91 Å². The van der Waals surface area contributed by atoms with Crippen molar-refractivity contribution in [1.29, 1.82) is 0 Å². The summed E-state index contributed by atoms with van der Waals surface area (Å²) >= 11 is 1.45. The highest BCUT2D eigenvalue weighted by atomic mass is 32.2. The van der Waals surface area contributed by atoms with Crippen molar-refractivity contribution < 1.29 is 17.6 Å². The molecule has 0 atom stereocenters. The molecule has 2 aromatic heterocycles. The second-order valence-electron chi connectivity index (χ2n) is 6.95. The van der Waals surface area contributed by atoms with Crippen LogP contribution in [-0.2, 0) is 17.1 Å². The van der Waals surface area contributed by atoms with Gasteiger partial charge in [-0.25, -0.2) is 8.42 Å². The van der Waals surface area contributed by atoms with Crippen LogP contribution in [0.2, 0.25) is 0 Å². The van der Waals surface area contributed by atoms with Crippen molar-refractivity contribution in [3.63, 3.8) is 0 Å². The van der Waals surface area contributed by atoms with Crippen molar-refractivity contribution in [2.24, 2.45) is 7.05 Å². The maximum atomic E-state index is 12.8. The Kier molecular flexibility index (Phi) is 5.67. The summed E-state index contributed by atoms with van der Waals surface area (Å²) < 4.78 is 34.2. The Bertz CT molecular complexity index is 1160. The van der Waals surface area contributed by atoms with Gasteiger partial charge in [0.1, 0.15) is 17.0 Å². The molecule has 9 nitrogen and oxygen atoms in total. The highest BCUT2D eigenvalue weighted by Crippen LogP contribution is 2.28. The molecular formula is C19H21N5O4S2. The molecule has 0 unspecified atom stereocenters. The van der Waals surface area contributed by atoms with E-state index in [4.69, 9.17) is 4.42 Å². The average molecular weight is 448 g/mol. The molecular weight excluding hydrogens is 426 g/mol. The number of furan rings is 1. The van der Waals surface area contributed by atoms with Crippen LogP contribution in [0.1, 0.15) is 29.2 Å². The molecule has 0 radical (unpaired) electrons. The summed E-state index contributed by atoms with van der Waals surface area (Å²) in [5.74, 6) is -0.333. The first-order valence-corrected chi connectivity index (χ1v) is 11.6. The normalized spacial score (nSPS) is 14.9. The third kappa shape index (κ3) is 4.13. The fourth-order valence-corrected chi connectivity index (χ4v) is 5.61. The number of benzene rings is 1. The van der Waals surface area contributed by atoms with Gasteiger partial charge in [-0.2, -0.15) is 4.31 Å². The molecule has 1 aliphatic rings. The predicted octanol–water partition coefficient (Wildman–Crippen LogP) is 2.90. The Balaban J connectivity index is 1.46. The van der Waals surface area contributed by atoms with Gasteiger partial charge in [0.2, 0.25) is 10.0 Å². The van der Waals surface area contributed by atoms with Crippen LogP contribution in [0.4, 0.5) is 5.69 Å². The number of nitrogens with one attached hydrogen (secondary N) is 1. The highest BCUT2D eigenvalue weighted by Gasteiger charge is 2.31. The summed E-state index contributed by atoms with van der Waals surface area (Å²) in [5.41, 5.74) is 0.570. The molecule has 158 valence electrons. The number of nitrogens with zero attached hydrogens (tertiary/aromatic N) is 4. The molecule has 1 aromatic carbocycles. The van der Waals surface area contributed by atoms with E-state index >= 15 is 0 Å². The Labute approximate surface area is 178 Å². The summed E-state index contributed by atoms with van der Waals surface area (Å²) in [6.45, 7) is 2.54. The van der Waals surface area contributed by atoms with Crippen LogP contribution in [0.15, 0.2) is 56.0 Å². The van der Waals surface area contributed by atoms with Crippen LogP contribution in [0.5, 0.6) is 0 Å². The molecule has 4 rings (SSSR count). The highest BCUT2D eigenvalue weighted by molar-refractivity contribution is 7.99. The van der Waals surface area contributed by atoms with Gasteiger partial charge in [-0.05, 0) is 55.8 Å². The summed E-state index contributed by atoms with van der Waals surface area (Å²) in [5, 5.41) is 11.3. The largest absolute Gasteiger partial charge is 0.455 e. The van der Waals surface area contributed by atoms with Gasteiger partial charge in [0.15, 0.2) is 10.9 Å². The average Bonchev–Trinajstić information content (AvgIpc) is 3.46. The number of aryl methyl sites for hydroxylation is 2. The van der Waals surface area contributed by atoms with Crippen LogP contribution in [-0.4, -0.2) is 46.5 Å². The lowest BCUT2D eigenvalue weighted by Crippen LogP contribution is -2.28. The maximum absolute atomic E-state index is 12.8. The number of rotatable bonds is 6. The molecule has 0 saturated carbocycles. The lowest BCUT2D eigenvalue weighted by molar-refractivity contribution is 0.0995. The number of amides is 1. The van der Waals surface area contributed by atoms with E-state index in [2.05, 4.69) is 15.5 Å². The third-order valence-corrected chi connectivity index (χ3v) is 7.84. The van der Waals surface area contributed by atoms with E-state index in [0.717, 1.165) is 22.9 Å². The Morgan fingerprint density at radius 3 is 2.53 bits per heavy atom. The van der Waals surface area contributed by atoms with E-state index < -0.39 is 15.9 Å². The van der Waals surface area contributed by atoms with Gasteiger partial charge in [-0.1, -0.05) is 0 Å². The summed E-state index contributed by atoms with van der Waals surface area (Å²) in [6, 6.07) is 8.52. The number of hydrogen-bond donors (Lipinski definition) is 1. The van der Waals surface area contributed by atoms with Gasteiger partial charge in [-0.3, -0.25) is 4.79 Å². The minimum absolute atomic E-state index is 0.0391. The molecule has 1 aliphatic heterocycles. The Morgan fingerprint density at radius 1 is 1.20 bits per heavy atom. The fourth-order valence-electron chi connectivity index (χ4n) is 3.17. The number of anilines is 1. The van der Waals surface area contributed by atoms with Gasteiger partial charge in [0.05, 0.1) is 0 Å². The van der Waals surface area contributed by atoms with E-state index in [1.54, 1.807) is 25.4 Å². The lowest BCUT2D eigenvalue weighted by atomic mass is 10.3. The van der Waals surface area contributed by atoms with Crippen molar-refractivity contribution in [3.8, 4) is 0 Å². The number of aromatic nitrogens is 3. The topological polar surface area (TPSA) is 110 Å². The van der Waals surface area contributed by atoms with Gasteiger partial charge in [0, 0.05) is 36.8 Å². The molecule has 3 heterocycles. The smallest absolute Gasteiger partial charge is 0.291 e. The second kappa shape index (κ2) is 8.25. The molecule has 1 saturated heterocycles. The number of hydrogen-bond acceptors (Lipinski definition) is 7. The summed E-state index contributed by atoms with van der Waals surface area (Å²) in [7, 11) is -1.78. The monoisotopic (exact) mass is 447 g/mol. The zero-order chi connectivity index (χ0) is 21.3. The molecule has 1 fully saturated rings. The fraction of sp³-hybridized carbons (Fsp3) is 0.316. The molecule has 1 N–H and O–H groups in total. The molecule has 0 spiro atoms. The van der Waals surface area contributed by atoms with Crippen molar-refractivity contribution in [3.05, 3.63) is 48.2 Å². The van der Waals surface area contributed by atoms with Crippen molar-refractivity contribution >= 4 is 33.4 Å². The number of carbonyl (C=O) groups is 1. The van der Waals surface area contributed by atoms with Crippen LogP contribution in [0.25, 0.3) is 0 Å². The quantitative estimate of drug-likeness (QED) is 0.618. The Hall–Kier alpha value is -2.63. The molecule has 0 bridgehead atoms. The maximum Gasteiger partial charge on any atom is 0.291 e. The predicted molar refractivity (Wildman–Crippen MR) is 111 cm³/mol. The lowest BCUT2D eigenvalue weighted by Gasteiger charge is -2.14. The number of sulfonamides is 1. The van der Waals surface area contributed by atoms with E-state index in [1.807, 2.05) is 23.7 Å². The summed E-state index contributed by atoms with van der Waals surface area (Å²) in [6.07, 6.45) is 3.31. The zero-order valence-corrected chi connectivity index (χ0v) is 18.2. The Morgan fingerprint density at radius 2 is 1.90 bits per heavy atom. The standard InChI is InChI=1S/C19H21N5O4S2/c1-13-17(30(26,27)24-9-3-4-10-24)11-16(28-13)18(25)21-14-5-7-15(8-6-14)29-19-22-20-12-23(19)2/h5-8,11-12H,3-4,9-10H2,1-2H3,(H,21,25). The van der Waals surface area contributed by atoms with Crippen LogP contribution in [0.3, 0.4) is 0 Å². The first kappa shape index (κ1) is 20.6. The summed E-state index contributed by atoms with van der Waals surface area (Å²) in [4.78, 5) is 13.6. The molecule has 30 heavy (non-hydrogen) atoms. The first-order valence-electron chi connectivity index (χ1n) is 9.38. The third-order valence-electron chi connectivity index (χ3n) is 4.77. The van der Waals surface area contributed by atoms with Gasteiger partial charge < -0.3 is 14.3 Å². The minimum Gasteiger partial charge on any atom is -0.455 e. The second-order valence-corrected chi connectivity index (χ2v) is 9.89. The first-order chi connectivity index (χ1) is 14.3. The van der Waals surface area contributed by atoms with Crippen LogP contribution < -0.4 is 5.32 Å². The van der Waals surface area contributed by atoms with E-state index in [0.29, 0.717) is 18.8 Å². The van der Waals surface area contributed by atoms with E-state index in [1.165, 1.54) is 22.1 Å². The van der Waals surface area contributed by atoms with E-state index in [-0.39, 0.29) is 16.4 Å². The van der Waals surface area contributed by atoms with Crippen LogP contribution >= 0.6 is 11.8 Å². The van der Waals surface area contributed by atoms with Crippen molar-refractivity contribution in [1.82, 2.24) is 19.1 Å². The van der Waals surface area contributed by atoms with Crippen LogP contribution in [0, 0.1) is 6.92 Å². The van der Waals surface area contributed by atoms with Crippen molar-refractivity contribution in [2.45, 2.75) is 34.7 Å².